The molecule has 21 heavy (non-hydrogen) atoms. The van der Waals surface area contributed by atoms with E-state index < -0.39 is 0 Å². The summed E-state index contributed by atoms with van der Waals surface area (Å²) in [6, 6.07) is 10.3. The Bertz CT molecular complexity index is 603. The van der Waals surface area contributed by atoms with Crippen LogP contribution in [0, 0.1) is 5.92 Å². The average molecular weight is 301 g/mol. The Kier molecular flexibility index (Phi) is 4.20. The third kappa shape index (κ3) is 3.08. The van der Waals surface area contributed by atoms with E-state index in [1.54, 1.807) is 18.4 Å². The molecule has 1 N–H and O–H groups in total. The van der Waals surface area contributed by atoms with Crippen LogP contribution >= 0.6 is 11.3 Å². The first-order valence-electron chi connectivity index (χ1n) is 7.25. The molecule has 4 nitrogen and oxygen atoms in total. The lowest BCUT2D eigenvalue weighted by atomic mass is 9.96. The Hall–Kier alpha value is -1.88. The van der Waals surface area contributed by atoms with Gasteiger partial charge in [-0.25, -0.2) is 4.98 Å². The summed E-state index contributed by atoms with van der Waals surface area (Å²) in [5, 5.41) is 3.80. The quantitative estimate of drug-likeness (QED) is 0.948. The molecule has 0 spiro atoms. The minimum atomic E-state index is 0.153. The van der Waals surface area contributed by atoms with E-state index in [0.717, 1.165) is 31.1 Å². The van der Waals surface area contributed by atoms with Crippen LogP contribution in [0.25, 0.3) is 10.4 Å². The molecular weight excluding hydrogens is 282 g/mol. The van der Waals surface area contributed by atoms with Crippen molar-refractivity contribution in [2.45, 2.75) is 12.8 Å². The van der Waals surface area contributed by atoms with Gasteiger partial charge in [0.2, 0.25) is 5.91 Å². The van der Waals surface area contributed by atoms with E-state index >= 15 is 0 Å². The van der Waals surface area contributed by atoms with E-state index in [1.165, 1.54) is 10.4 Å². The van der Waals surface area contributed by atoms with E-state index in [4.69, 9.17) is 0 Å². The first-order valence-corrected chi connectivity index (χ1v) is 8.07. The summed E-state index contributed by atoms with van der Waals surface area (Å²) < 4.78 is 0. The summed E-state index contributed by atoms with van der Waals surface area (Å²) in [5.41, 5.74) is 1.21. The zero-order chi connectivity index (χ0) is 14.7. The second-order valence-electron chi connectivity index (χ2n) is 5.25. The SMILES string of the molecule is CNC(=O)C1CCN(c2ncc(-c3ccccc3)s2)CC1. The summed E-state index contributed by atoms with van der Waals surface area (Å²) in [6.07, 6.45) is 3.75. The molecule has 2 aromatic rings. The molecule has 1 aliphatic heterocycles. The molecule has 0 saturated carbocycles. The number of hydrogen-bond donors (Lipinski definition) is 1. The Morgan fingerprint density at radius 1 is 1.29 bits per heavy atom. The minimum absolute atomic E-state index is 0.153. The average Bonchev–Trinajstić information content (AvgIpc) is 3.05. The van der Waals surface area contributed by atoms with Gasteiger partial charge in [0.1, 0.15) is 0 Å². The third-order valence-electron chi connectivity index (χ3n) is 3.93. The molecule has 0 unspecified atom stereocenters. The first kappa shape index (κ1) is 14.1. The van der Waals surface area contributed by atoms with Gasteiger partial charge in [-0.3, -0.25) is 4.79 Å². The molecule has 0 atom stereocenters. The molecule has 1 amide bonds. The number of nitrogens with zero attached hydrogens (tertiary/aromatic N) is 2. The predicted molar refractivity (Wildman–Crippen MR) is 86.6 cm³/mol. The number of rotatable bonds is 3. The molecule has 2 heterocycles. The van der Waals surface area contributed by atoms with Gasteiger partial charge in [0.15, 0.2) is 5.13 Å². The van der Waals surface area contributed by atoms with Crippen LogP contribution in [-0.4, -0.2) is 31.0 Å². The highest BCUT2D eigenvalue weighted by Gasteiger charge is 2.25. The van der Waals surface area contributed by atoms with Crippen molar-refractivity contribution in [2.75, 3.05) is 25.0 Å². The Labute approximate surface area is 128 Å². The van der Waals surface area contributed by atoms with Gasteiger partial charge in [-0.15, -0.1) is 0 Å². The van der Waals surface area contributed by atoms with Crippen LogP contribution in [0.15, 0.2) is 36.5 Å². The second kappa shape index (κ2) is 6.26. The van der Waals surface area contributed by atoms with Crippen molar-refractivity contribution in [3.8, 4) is 10.4 Å². The van der Waals surface area contributed by atoms with Crippen LogP contribution in [-0.2, 0) is 4.79 Å². The zero-order valence-electron chi connectivity index (χ0n) is 12.1. The van der Waals surface area contributed by atoms with E-state index in [-0.39, 0.29) is 11.8 Å². The molecule has 1 fully saturated rings. The number of anilines is 1. The first-order chi connectivity index (χ1) is 10.3. The van der Waals surface area contributed by atoms with Crippen molar-refractivity contribution in [1.82, 2.24) is 10.3 Å². The summed E-state index contributed by atoms with van der Waals surface area (Å²) in [7, 11) is 1.71. The van der Waals surface area contributed by atoms with Crippen LogP contribution < -0.4 is 10.2 Å². The standard InChI is InChI=1S/C16H19N3OS/c1-17-15(20)13-7-9-19(10-8-13)16-18-11-14(21-16)12-5-3-2-4-6-12/h2-6,11,13H,7-10H2,1H3,(H,17,20). The van der Waals surface area contributed by atoms with Gasteiger partial charge in [0.05, 0.1) is 4.88 Å². The molecular formula is C16H19N3OS. The van der Waals surface area contributed by atoms with Crippen LogP contribution in [0.4, 0.5) is 5.13 Å². The van der Waals surface area contributed by atoms with Crippen molar-refractivity contribution in [3.63, 3.8) is 0 Å². The number of piperidine rings is 1. The molecule has 5 heteroatoms. The molecule has 0 aliphatic carbocycles. The number of nitrogens with one attached hydrogen (secondary N) is 1. The van der Waals surface area contributed by atoms with Gasteiger partial charge in [-0.05, 0) is 18.4 Å². The van der Waals surface area contributed by atoms with Crippen molar-refractivity contribution in [3.05, 3.63) is 36.5 Å². The monoisotopic (exact) mass is 301 g/mol. The number of carbonyl (C=O) groups excluding carboxylic acids is 1. The summed E-state index contributed by atoms with van der Waals surface area (Å²) in [5.74, 6) is 0.318. The largest absolute Gasteiger partial charge is 0.359 e. The highest BCUT2D eigenvalue weighted by molar-refractivity contribution is 7.18. The lowest BCUT2D eigenvalue weighted by Gasteiger charge is -2.30. The molecule has 1 aromatic heterocycles. The highest BCUT2D eigenvalue weighted by Crippen LogP contribution is 2.32. The number of hydrogen-bond acceptors (Lipinski definition) is 4. The number of aromatic nitrogens is 1. The summed E-state index contributed by atoms with van der Waals surface area (Å²) in [6.45, 7) is 1.81. The molecule has 0 bridgehead atoms. The Morgan fingerprint density at radius 3 is 2.67 bits per heavy atom. The lowest BCUT2D eigenvalue weighted by Crippen LogP contribution is -2.39. The van der Waals surface area contributed by atoms with Crippen molar-refractivity contribution < 1.29 is 4.79 Å². The second-order valence-corrected chi connectivity index (χ2v) is 6.26. The van der Waals surface area contributed by atoms with Crippen LogP contribution in [0.5, 0.6) is 0 Å². The maximum Gasteiger partial charge on any atom is 0.222 e. The van der Waals surface area contributed by atoms with Crippen LogP contribution in [0.2, 0.25) is 0 Å². The molecule has 3 rings (SSSR count). The van der Waals surface area contributed by atoms with E-state index in [2.05, 4.69) is 27.3 Å². The smallest absolute Gasteiger partial charge is 0.222 e. The molecule has 1 aliphatic rings. The van der Waals surface area contributed by atoms with Gasteiger partial charge in [0, 0.05) is 32.3 Å². The van der Waals surface area contributed by atoms with Gasteiger partial charge >= 0.3 is 0 Å². The van der Waals surface area contributed by atoms with Crippen molar-refractivity contribution >= 4 is 22.4 Å². The van der Waals surface area contributed by atoms with Crippen molar-refractivity contribution in [2.24, 2.45) is 5.92 Å². The van der Waals surface area contributed by atoms with Crippen molar-refractivity contribution in [1.29, 1.82) is 0 Å². The lowest BCUT2D eigenvalue weighted by molar-refractivity contribution is -0.125. The third-order valence-corrected chi connectivity index (χ3v) is 5.04. The van der Waals surface area contributed by atoms with Gasteiger partial charge < -0.3 is 10.2 Å². The molecule has 110 valence electrons. The normalized spacial score (nSPS) is 16.0. The predicted octanol–water partition coefficient (Wildman–Crippen LogP) is 2.77. The van der Waals surface area contributed by atoms with Crippen LogP contribution in [0.3, 0.4) is 0 Å². The maximum absolute atomic E-state index is 11.7. The fourth-order valence-electron chi connectivity index (χ4n) is 2.68. The fourth-order valence-corrected chi connectivity index (χ4v) is 3.66. The number of benzene rings is 1. The topological polar surface area (TPSA) is 45.2 Å². The van der Waals surface area contributed by atoms with Gasteiger partial charge in [-0.1, -0.05) is 41.7 Å². The number of thiazole rings is 1. The number of amides is 1. The fraction of sp³-hybridized carbons (Fsp3) is 0.375. The highest BCUT2D eigenvalue weighted by atomic mass is 32.1. The Morgan fingerprint density at radius 2 is 2.00 bits per heavy atom. The summed E-state index contributed by atoms with van der Waals surface area (Å²) >= 11 is 1.72. The van der Waals surface area contributed by atoms with Crippen LogP contribution in [0.1, 0.15) is 12.8 Å². The van der Waals surface area contributed by atoms with E-state index in [9.17, 15) is 4.79 Å². The number of carbonyl (C=O) groups is 1. The van der Waals surface area contributed by atoms with Gasteiger partial charge in [0.25, 0.3) is 0 Å². The molecule has 0 radical (unpaired) electrons. The Balaban J connectivity index is 1.67. The van der Waals surface area contributed by atoms with E-state index in [1.807, 2.05) is 24.4 Å². The minimum Gasteiger partial charge on any atom is -0.359 e. The maximum atomic E-state index is 11.7. The molecule has 1 aromatic carbocycles. The van der Waals surface area contributed by atoms with Gasteiger partial charge in [-0.2, -0.15) is 0 Å². The van der Waals surface area contributed by atoms with E-state index in [0.29, 0.717) is 0 Å². The summed E-state index contributed by atoms with van der Waals surface area (Å²) in [4.78, 5) is 19.7. The molecule has 1 saturated heterocycles. The zero-order valence-corrected chi connectivity index (χ0v) is 12.9.